The topological polar surface area (TPSA) is 81.5 Å². The fourth-order valence-corrected chi connectivity index (χ4v) is 6.34. The Labute approximate surface area is 184 Å². The molecule has 2 heterocycles. The molecular weight excluding hydrogens is 410 g/mol. The van der Waals surface area contributed by atoms with Crippen LogP contribution in [-0.2, 0) is 14.8 Å². The van der Waals surface area contributed by atoms with Gasteiger partial charge in [-0.15, -0.1) is 0 Å². The van der Waals surface area contributed by atoms with Crippen molar-refractivity contribution in [3.63, 3.8) is 0 Å². The number of carbonyl (C=O) groups excluding carboxylic acids is 1. The van der Waals surface area contributed by atoms with E-state index in [-0.39, 0.29) is 35.2 Å². The minimum absolute atomic E-state index is 0.00724. The van der Waals surface area contributed by atoms with Crippen LogP contribution in [0.15, 0.2) is 65.6 Å². The molecule has 1 amide bonds. The Morgan fingerprint density at radius 1 is 0.903 bits per heavy atom. The number of amides is 1. The molecule has 4 rings (SSSR count). The predicted octanol–water partition coefficient (Wildman–Crippen LogP) is 3.59. The molecule has 6 nitrogen and oxygen atoms in total. The molecule has 2 saturated heterocycles. The molecule has 2 fully saturated rings. The van der Waals surface area contributed by atoms with Crippen LogP contribution < -0.4 is 0 Å². The molecule has 2 aromatic rings. The number of carbonyl (C=O) groups is 1. The lowest BCUT2D eigenvalue weighted by atomic mass is 9.89. The van der Waals surface area contributed by atoms with Gasteiger partial charge in [0.2, 0.25) is 15.9 Å². The molecule has 2 aliphatic rings. The minimum atomic E-state index is -3.75. The third-order valence-electron chi connectivity index (χ3n) is 6.41. The smallest absolute Gasteiger partial charge is 0.243 e. The molecule has 0 aliphatic carbocycles. The van der Waals surface area contributed by atoms with Gasteiger partial charge in [-0.1, -0.05) is 48.5 Å². The van der Waals surface area contributed by atoms with E-state index in [1.54, 1.807) is 30.3 Å². The van der Waals surface area contributed by atoms with Crippen LogP contribution in [0, 0.1) is 23.2 Å². The van der Waals surface area contributed by atoms with Gasteiger partial charge in [0.05, 0.1) is 22.9 Å². The standard InChI is InChI=1S/C24H27N3O3S/c25-17-19-13-15-26(16-14-19)24(28)21-11-12-23(20-7-3-1-4-8-20)27(18-21)31(29,30)22-9-5-2-6-10-22/h1-10,19,21,23H,11-16,18H2/t21-,23-/m1/s1. The molecule has 0 bridgehead atoms. The van der Waals surface area contributed by atoms with E-state index in [0.29, 0.717) is 38.8 Å². The summed E-state index contributed by atoms with van der Waals surface area (Å²) < 4.78 is 28.6. The van der Waals surface area contributed by atoms with Crippen molar-refractivity contribution in [2.45, 2.75) is 36.6 Å². The summed E-state index contributed by atoms with van der Waals surface area (Å²) in [5, 5.41) is 9.11. The maximum absolute atomic E-state index is 13.6. The van der Waals surface area contributed by atoms with Crippen molar-refractivity contribution in [2.75, 3.05) is 19.6 Å². The van der Waals surface area contributed by atoms with Gasteiger partial charge in [0.25, 0.3) is 0 Å². The van der Waals surface area contributed by atoms with Crippen LogP contribution in [0.3, 0.4) is 0 Å². The van der Waals surface area contributed by atoms with E-state index < -0.39 is 10.0 Å². The normalized spacial score (nSPS) is 23.3. The molecular formula is C24H27N3O3S. The van der Waals surface area contributed by atoms with Gasteiger partial charge < -0.3 is 4.90 Å². The summed E-state index contributed by atoms with van der Waals surface area (Å²) in [6, 6.07) is 20.1. The molecule has 162 valence electrons. The summed E-state index contributed by atoms with van der Waals surface area (Å²) in [6.07, 6.45) is 2.62. The first-order valence-electron chi connectivity index (χ1n) is 10.8. The third-order valence-corrected chi connectivity index (χ3v) is 8.30. The number of piperidine rings is 2. The number of sulfonamides is 1. The number of likely N-dealkylation sites (tertiary alicyclic amines) is 1. The zero-order chi connectivity index (χ0) is 21.8. The monoisotopic (exact) mass is 437 g/mol. The van der Waals surface area contributed by atoms with E-state index >= 15 is 0 Å². The Bertz CT molecular complexity index is 1040. The van der Waals surface area contributed by atoms with Gasteiger partial charge in [-0.3, -0.25) is 4.79 Å². The van der Waals surface area contributed by atoms with E-state index in [0.717, 1.165) is 5.56 Å². The predicted molar refractivity (Wildman–Crippen MR) is 117 cm³/mol. The molecule has 0 radical (unpaired) electrons. The summed E-state index contributed by atoms with van der Waals surface area (Å²) >= 11 is 0. The lowest BCUT2D eigenvalue weighted by Gasteiger charge is -2.40. The molecule has 2 aromatic carbocycles. The Morgan fingerprint density at radius 2 is 1.52 bits per heavy atom. The summed E-state index contributed by atoms with van der Waals surface area (Å²) in [6.45, 7) is 1.32. The van der Waals surface area contributed by atoms with Gasteiger partial charge >= 0.3 is 0 Å². The minimum Gasteiger partial charge on any atom is -0.342 e. The van der Waals surface area contributed by atoms with Gasteiger partial charge in [0.1, 0.15) is 0 Å². The van der Waals surface area contributed by atoms with Gasteiger partial charge in [0, 0.05) is 25.6 Å². The molecule has 2 aliphatic heterocycles. The van der Waals surface area contributed by atoms with E-state index in [1.165, 1.54) is 4.31 Å². The molecule has 7 heteroatoms. The molecule has 2 atom stereocenters. The summed E-state index contributed by atoms with van der Waals surface area (Å²) in [5.74, 6) is -0.346. The fraction of sp³-hybridized carbons (Fsp3) is 0.417. The lowest BCUT2D eigenvalue weighted by Crippen LogP contribution is -2.49. The van der Waals surface area contributed by atoms with Crippen molar-refractivity contribution in [1.82, 2.24) is 9.21 Å². The number of nitrogens with zero attached hydrogens (tertiary/aromatic N) is 3. The number of rotatable bonds is 4. The maximum Gasteiger partial charge on any atom is 0.243 e. The van der Waals surface area contributed by atoms with Crippen molar-refractivity contribution in [1.29, 1.82) is 5.26 Å². The van der Waals surface area contributed by atoms with Crippen LogP contribution in [0.1, 0.15) is 37.3 Å². The van der Waals surface area contributed by atoms with E-state index in [4.69, 9.17) is 5.26 Å². The molecule has 0 unspecified atom stereocenters. The highest BCUT2D eigenvalue weighted by Gasteiger charge is 2.41. The van der Waals surface area contributed by atoms with Crippen LogP contribution >= 0.6 is 0 Å². The number of hydrogen-bond donors (Lipinski definition) is 0. The zero-order valence-corrected chi connectivity index (χ0v) is 18.2. The van der Waals surface area contributed by atoms with Crippen LogP contribution in [0.2, 0.25) is 0 Å². The maximum atomic E-state index is 13.6. The van der Waals surface area contributed by atoms with Crippen molar-refractivity contribution in [3.8, 4) is 6.07 Å². The molecule has 0 aromatic heterocycles. The first kappa shape index (κ1) is 21.5. The van der Waals surface area contributed by atoms with Crippen LogP contribution in [0.25, 0.3) is 0 Å². The van der Waals surface area contributed by atoms with Gasteiger partial charge in [0.15, 0.2) is 0 Å². The largest absolute Gasteiger partial charge is 0.342 e. The van der Waals surface area contributed by atoms with Gasteiger partial charge in [-0.25, -0.2) is 8.42 Å². The van der Waals surface area contributed by atoms with E-state index in [9.17, 15) is 13.2 Å². The molecule has 31 heavy (non-hydrogen) atoms. The third kappa shape index (κ3) is 4.51. The first-order chi connectivity index (χ1) is 15.0. The number of benzene rings is 2. The van der Waals surface area contributed by atoms with Crippen molar-refractivity contribution in [2.24, 2.45) is 11.8 Å². The van der Waals surface area contributed by atoms with Crippen molar-refractivity contribution < 1.29 is 13.2 Å². The number of hydrogen-bond acceptors (Lipinski definition) is 4. The quantitative estimate of drug-likeness (QED) is 0.732. The second kappa shape index (κ2) is 9.21. The van der Waals surface area contributed by atoms with Crippen LogP contribution in [0.5, 0.6) is 0 Å². The highest BCUT2D eigenvalue weighted by molar-refractivity contribution is 7.89. The van der Waals surface area contributed by atoms with Crippen LogP contribution in [-0.4, -0.2) is 43.2 Å². The van der Waals surface area contributed by atoms with Crippen molar-refractivity contribution >= 4 is 15.9 Å². The first-order valence-corrected chi connectivity index (χ1v) is 12.2. The fourth-order valence-electron chi connectivity index (χ4n) is 4.63. The Hall–Kier alpha value is -2.69. The lowest BCUT2D eigenvalue weighted by molar-refractivity contribution is -0.138. The highest BCUT2D eigenvalue weighted by Crippen LogP contribution is 2.38. The SMILES string of the molecule is N#CC1CCN(C(=O)[C@@H]2CC[C@H](c3ccccc3)N(S(=O)(=O)c3ccccc3)C2)CC1. The Balaban J connectivity index is 1.60. The Morgan fingerprint density at radius 3 is 2.13 bits per heavy atom. The average Bonchev–Trinajstić information content (AvgIpc) is 2.84. The van der Waals surface area contributed by atoms with E-state index in [2.05, 4.69) is 6.07 Å². The van der Waals surface area contributed by atoms with Gasteiger partial charge in [-0.05, 0) is 43.4 Å². The second-order valence-corrected chi connectivity index (χ2v) is 10.2. The highest BCUT2D eigenvalue weighted by atomic mass is 32.2. The Kier molecular flexibility index (Phi) is 6.40. The molecule has 0 saturated carbocycles. The summed E-state index contributed by atoms with van der Waals surface area (Å²) in [7, 11) is -3.75. The second-order valence-electron chi connectivity index (χ2n) is 8.32. The molecule has 0 spiro atoms. The summed E-state index contributed by atoms with van der Waals surface area (Å²) in [4.78, 5) is 15.3. The zero-order valence-electron chi connectivity index (χ0n) is 17.4. The average molecular weight is 438 g/mol. The van der Waals surface area contributed by atoms with Crippen LogP contribution in [0.4, 0.5) is 0 Å². The summed E-state index contributed by atoms with van der Waals surface area (Å²) in [5.41, 5.74) is 0.947. The molecule has 0 N–H and O–H groups in total. The van der Waals surface area contributed by atoms with Crippen molar-refractivity contribution in [3.05, 3.63) is 66.2 Å². The number of nitriles is 1. The van der Waals surface area contributed by atoms with E-state index in [1.807, 2.05) is 35.2 Å². The van der Waals surface area contributed by atoms with Gasteiger partial charge in [-0.2, -0.15) is 9.57 Å².